The van der Waals surface area contributed by atoms with Crippen molar-refractivity contribution in [1.29, 1.82) is 0 Å². The molecular formula is C45H30N2O. The number of benzene rings is 7. The molecule has 1 aliphatic carbocycles. The summed E-state index contributed by atoms with van der Waals surface area (Å²) in [6.45, 7) is 4.76. The van der Waals surface area contributed by atoms with Gasteiger partial charge in [0, 0.05) is 43.7 Å². The summed E-state index contributed by atoms with van der Waals surface area (Å²) in [5.74, 6) is 0. The van der Waals surface area contributed by atoms with Crippen molar-refractivity contribution in [2.45, 2.75) is 19.3 Å². The summed E-state index contributed by atoms with van der Waals surface area (Å²) in [7, 11) is 0. The lowest BCUT2D eigenvalue weighted by Crippen LogP contribution is -2.15. The third-order valence-electron chi connectivity index (χ3n) is 10.9. The largest absolute Gasteiger partial charge is 0.455 e. The smallest absolute Gasteiger partial charge is 0.145 e. The van der Waals surface area contributed by atoms with Crippen molar-refractivity contribution in [1.82, 2.24) is 9.13 Å². The Kier molecular flexibility index (Phi) is 4.91. The monoisotopic (exact) mass is 614 g/mol. The second kappa shape index (κ2) is 9.05. The number of nitrogens with zero attached hydrogens (tertiary/aromatic N) is 2. The van der Waals surface area contributed by atoms with Crippen molar-refractivity contribution in [3.63, 3.8) is 0 Å². The summed E-state index contributed by atoms with van der Waals surface area (Å²) >= 11 is 0. The van der Waals surface area contributed by atoms with Crippen LogP contribution in [0.25, 0.3) is 88.1 Å². The van der Waals surface area contributed by atoms with Crippen LogP contribution in [0.3, 0.4) is 0 Å². The molecule has 48 heavy (non-hydrogen) atoms. The van der Waals surface area contributed by atoms with Gasteiger partial charge in [-0.15, -0.1) is 0 Å². The quantitative estimate of drug-likeness (QED) is 0.190. The van der Waals surface area contributed by atoms with Crippen LogP contribution >= 0.6 is 0 Å². The summed E-state index contributed by atoms with van der Waals surface area (Å²) in [4.78, 5) is 0. The lowest BCUT2D eigenvalue weighted by atomic mass is 9.80. The summed E-state index contributed by atoms with van der Waals surface area (Å²) in [6, 6.07) is 53.0. The van der Waals surface area contributed by atoms with Gasteiger partial charge in [0.2, 0.25) is 0 Å². The van der Waals surface area contributed by atoms with Gasteiger partial charge in [-0.1, -0.05) is 105 Å². The van der Waals surface area contributed by atoms with E-state index >= 15 is 0 Å². The Hall–Kier alpha value is -6.06. The first kappa shape index (κ1) is 26.1. The Morgan fingerprint density at radius 1 is 0.458 bits per heavy atom. The first-order valence-electron chi connectivity index (χ1n) is 16.7. The van der Waals surface area contributed by atoms with Gasteiger partial charge >= 0.3 is 0 Å². The molecule has 0 unspecified atom stereocenters. The second-order valence-corrected chi connectivity index (χ2v) is 13.7. The molecule has 3 nitrogen and oxygen atoms in total. The van der Waals surface area contributed by atoms with Crippen molar-refractivity contribution in [3.05, 3.63) is 157 Å². The van der Waals surface area contributed by atoms with E-state index in [4.69, 9.17) is 4.42 Å². The van der Waals surface area contributed by atoms with E-state index in [1.807, 2.05) is 0 Å². The van der Waals surface area contributed by atoms with Gasteiger partial charge in [0.25, 0.3) is 0 Å². The molecule has 3 heteroatoms. The van der Waals surface area contributed by atoms with Crippen LogP contribution in [0.2, 0.25) is 0 Å². The Balaban J connectivity index is 1.31. The molecule has 0 bridgehead atoms. The minimum Gasteiger partial charge on any atom is -0.455 e. The van der Waals surface area contributed by atoms with Crippen molar-refractivity contribution in [2.75, 3.05) is 0 Å². The van der Waals surface area contributed by atoms with Crippen LogP contribution in [0.15, 0.2) is 150 Å². The highest BCUT2D eigenvalue weighted by Gasteiger charge is 2.38. The molecule has 10 aromatic rings. The zero-order valence-corrected chi connectivity index (χ0v) is 26.7. The molecule has 0 N–H and O–H groups in total. The molecule has 11 rings (SSSR count). The molecule has 1 aliphatic rings. The third-order valence-corrected chi connectivity index (χ3v) is 10.9. The first-order valence-corrected chi connectivity index (χ1v) is 16.7. The van der Waals surface area contributed by atoms with Crippen molar-refractivity contribution >= 4 is 65.6 Å². The molecule has 0 saturated heterocycles. The van der Waals surface area contributed by atoms with Crippen LogP contribution < -0.4 is 0 Å². The van der Waals surface area contributed by atoms with Gasteiger partial charge in [-0.2, -0.15) is 0 Å². The summed E-state index contributed by atoms with van der Waals surface area (Å²) in [5.41, 5.74) is 14.1. The fraction of sp³-hybridized carbons (Fsp3) is 0.0667. The zero-order valence-electron chi connectivity index (χ0n) is 26.7. The summed E-state index contributed by atoms with van der Waals surface area (Å²) in [5, 5.41) is 7.27. The molecule has 0 fully saturated rings. The van der Waals surface area contributed by atoms with Crippen molar-refractivity contribution in [2.24, 2.45) is 0 Å². The van der Waals surface area contributed by atoms with E-state index in [0.29, 0.717) is 0 Å². The van der Waals surface area contributed by atoms with Gasteiger partial charge in [-0.25, -0.2) is 0 Å². The molecule has 226 valence electrons. The van der Waals surface area contributed by atoms with E-state index < -0.39 is 0 Å². The van der Waals surface area contributed by atoms with Gasteiger partial charge in [0.1, 0.15) is 11.2 Å². The van der Waals surface area contributed by atoms with E-state index in [1.165, 1.54) is 60.3 Å². The van der Waals surface area contributed by atoms with Crippen LogP contribution in [0.1, 0.15) is 25.0 Å². The number of para-hydroxylation sites is 3. The predicted octanol–water partition coefficient (Wildman–Crippen LogP) is 12.1. The zero-order chi connectivity index (χ0) is 31.7. The van der Waals surface area contributed by atoms with Gasteiger partial charge in [0.15, 0.2) is 0 Å². The van der Waals surface area contributed by atoms with E-state index in [-0.39, 0.29) is 5.41 Å². The molecule has 0 radical (unpaired) electrons. The van der Waals surface area contributed by atoms with Gasteiger partial charge in [-0.3, -0.25) is 0 Å². The van der Waals surface area contributed by atoms with E-state index in [1.54, 1.807) is 0 Å². The Morgan fingerprint density at radius 3 is 2.02 bits per heavy atom. The standard InChI is InChI=1S/C45H30N2O/c1-45(2)35-17-9-6-14-29(35)33-22-24-37-41(43(33)45)42-38(25-23-34-32-16-8-11-19-40(32)48-44(34)42)47(37)28-20-21-31-30-15-7-10-18-36(30)46(39(31)26-28)27-12-4-3-5-13-27/h3-26H,1-2H3. The van der Waals surface area contributed by atoms with Crippen LogP contribution in [0.4, 0.5) is 0 Å². The molecule has 0 amide bonds. The molecule has 0 spiro atoms. The number of aromatic nitrogens is 2. The SMILES string of the molecule is CC1(C)c2ccccc2-c2ccc3c(c21)c1c2oc4ccccc4c2ccc1n3-c1ccc2c3ccccc3n(-c3ccccc3)c2c1. The average Bonchev–Trinajstić information content (AvgIpc) is 3.83. The van der Waals surface area contributed by atoms with Crippen LogP contribution in [-0.4, -0.2) is 9.13 Å². The van der Waals surface area contributed by atoms with Crippen LogP contribution in [0, 0.1) is 0 Å². The number of furan rings is 1. The minimum atomic E-state index is -0.178. The molecule has 0 saturated carbocycles. The van der Waals surface area contributed by atoms with Crippen LogP contribution in [-0.2, 0) is 5.41 Å². The Morgan fingerprint density at radius 2 is 1.12 bits per heavy atom. The second-order valence-electron chi connectivity index (χ2n) is 13.7. The number of rotatable bonds is 2. The van der Waals surface area contributed by atoms with Crippen molar-refractivity contribution < 1.29 is 4.42 Å². The average molecular weight is 615 g/mol. The highest BCUT2D eigenvalue weighted by atomic mass is 16.3. The molecule has 3 heterocycles. The number of hydrogen-bond acceptors (Lipinski definition) is 1. The van der Waals surface area contributed by atoms with Gasteiger partial charge in [-0.05, 0) is 76.9 Å². The topological polar surface area (TPSA) is 23.0 Å². The van der Waals surface area contributed by atoms with Crippen LogP contribution in [0.5, 0.6) is 0 Å². The summed E-state index contributed by atoms with van der Waals surface area (Å²) in [6.07, 6.45) is 0. The maximum atomic E-state index is 6.80. The minimum absolute atomic E-state index is 0.178. The normalized spacial score (nSPS) is 13.8. The third kappa shape index (κ3) is 3.18. The molecule has 0 aliphatic heterocycles. The van der Waals surface area contributed by atoms with Crippen molar-refractivity contribution in [3.8, 4) is 22.5 Å². The fourth-order valence-corrected chi connectivity index (χ4v) is 8.87. The maximum Gasteiger partial charge on any atom is 0.145 e. The van der Waals surface area contributed by atoms with Gasteiger partial charge in [0.05, 0.1) is 27.5 Å². The van der Waals surface area contributed by atoms with E-state index in [0.717, 1.165) is 38.8 Å². The lowest BCUT2D eigenvalue weighted by Gasteiger charge is -2.22. The van der Waals surface area contributed by atoms with E-state index in [9.17, 15) is 0 Å². The number of hydrogen-bond donors (Lipinski definition) is 0. The molecule has 0 atom stereocenters. The predicted molar refractivity (Wildman–Crippen MR) is 200 cm³/mol. The first-order chi connectivity index (χ1) is 23.6. The molecular weight excluding hydrogens is 585 g/mol. The summed E-state index contributed by atoms with van der Waals surface area (Å²) < 4.78 is 11.7. The molecule has 7 aromatic carbocycles. The maximum absolute atomic E-state index is 6.80. The Bertz CT molecular complexity index is 2970. The molecule has 3 aromatic heterocycles. The lowest BCUT2D eigenvalue weighted by molar-refractivity contribution is 0.665. The van der Waals surface area contributed by atoms with E-state index in [2.05, 4.69) is 169 Å². The Labute approximate surface area is 276 Å². The highest BCUT2D eigenvalue weighted by Crippen LogP contribution is 2.54. The highest BCUT2D eigenvalue weighted by molar-refractivity contribution is 6.26. The fourth-order valence-electron chi connectivity index (χ4n) is 8.87. The number of fused-ring (bicyclic) bond motifs is 14. The van der Waals surface area contributed by atoms with Gasteiger partial charge < -0.3 is 13.6 Å².